The van der Waals surface area contributed by atoms with E-state index in [1.54, 1.807) is 7.11 Å². The number of fused-ring (bicyclic) bond motifs is 2. The van der Waals surface area contributed by atoms with Crippen molar-refractivity contribution < 1.29 is 18.6 Å². The first-order chi connectivity index (χ1) is 9.69. The van der Waals surface area contributed by atoms with Gasteiger partial charge in [-0.15, -0.1) is 0 Å². The topological polar surface area (TPSA) is 52.9 Å². The lowest BCUT2D eigenvalue weighted by Gasteiger charge is -2.07. The highest BCUT2D eigenvalue weighted by atomic mass is 16.7. The van der Waals surface area contributed by atoms with Crippen molar-refractivity contribution in [1.29, 1.82) is 0 Å². The molecular weight excluding hydrogens is 258 g/mol. The molecule has 2 heterocycles. The van der Waals surface area contributed by atoms with Gasteiger partial charge in [-0.3, -0.25) is 0 Å². The molecule has 108 valence electrons. The lowest BCUT2D eigenvalue weighted by Crippen LogP contribution is -2.22. The number of methoxy groups -OCH3 is 1. The third kappa shape index (κ3) is 2.34. The minimum absolute atomic E-state index is 0.267. The molecule has 20 heavy (non-hydrogen) atoms. The Morgan fingerprint density at radius 2 is 2.00 bits per heavy atom. The van der Waals surface area contributed by atoms with Crippen LogP contribution in [0.5, 0.6) is 11.5 Å². The molecule has 0 fully saturated rings. The monoisotopic (exact) mass is 277 g/mol. The molecule has 0 spiro atoms. The quantitative estimate of drug-likeness (QED) is 0.910. The molecule has 2 aromatic rings. The van der Waals surface area contributed by atoms with Crippen LogP contribution in [-0.2, 0) is 17.9 Å². The zero-order valence-electron chi connectivity index (χ0n) is 12.0. The van der Waals surface area contributed by atoms with E-state index in [4.69, 9.17) is 18.6 Å². The molecule has 0 amide bonds. The summed E-state index contributed by atoms with van der Waals surface area (Å²) in [5.74, 6) is 2.40. The number of ether oxygens (including phenoxy) is 3. The lowest BCUT2D eigenvalue weighted by atomic mass is 10.1. The van der Waals surface area contributed by atoms with Crippen molar-refractivity contribution in [2.45, 2.75) is 33.0 Å². The van der Waals surface area contributed by atoms with Gasteiger partial charge in [0.2, 0.25) is 6.79 Å². The summed E-state index contributed by atoms with van der Waals surface area (Å²) in [5.41, 5.74) is 1.87. The van der Waals surface area contributed by atoms with E-state index in [0.717, 1.165) is 33.8 Å². The Hall–Kier alpha value is -1.72. The van der Waals surface area contributed by atoms with Crippen LogP contribution in [0.2, 0.25) is 0 Å². The van der Waals surface area contributed by atoms with Gasteiger partial charge in [-0.25, -0.2) is 0 Å². The van der Waals surface area contributed by atoms with Gasteiger partial charge < -0.3 is 23.9 Å². The van der Waals surface area contributed by atoms with E-state index in [1.165, 1.54) is 0 Å². The van der Waals surface area contributed by atoms with Crippen LogP contribution < -0.4 is 14.8 Å². The summed E-state index contributed by atoms with van der Waals surface area (Å²) in [4.78, 5) is 0. The molecule has 3 rings (SSSR count). The van der Waals surface area contributed by atoms with E-state index in [1.807, 2.05) is 12.1 Å². The van der Waals surface area contributed by atoms with E-state index in [-0.39, 0.29) is 6.79 Å². The van der Waals surface area contributed by atoms with Crippen molar-refractivity contribution in [2.75, 3.05) is 13.9 Å². The molecule has 0 saturated heterocycles. The molecule has 1 aromatic heterocycles. The van der Waals surface area contributed by atoms with Gasteiger partial charge in [0, 0.05) is 30.2 Å². The molecular formula is C15H19NO4. The van der Waals surface area contributed by atoms with Gasteiger partial charge in [-0.05, 0) is 6.07 Å². The molecule has 1 aromatic carbocycles. The molecule has 0 atom stereocenters. The summed E-state index contributed by atoms with van der Waals surface area (Å²) >= 11 is 0. The Labute approximate surface area is 117 Å². The van der Waals surface area contributed by atoms with Crippen molar-refractivity contribution in [2.24, 2.45) is 0 Å². The van der Waals surface area contributed by atoms with Gasteiger partial charge in [0.25, 0.3) is 0 Å². The number of rotatable bonds is 5. The zero-order chi connectivity index (χ0) is 14.1. The molecule has 5 heteroatoms. The van der Waals surface area contributed by atoms with Crippen LogP contribution in [0, 0.1) is 0 Å². The minimum atomic E-state index is 0.267. The standard InChI is InChI=1S/C15H19NO4/c1-9(2)16-6-15-11(7-17-3)10-4-13-14(19-8-18-13)5-12(10)20-15/h4-5,9,16H,6-8H2,1-3H3. The molecule has 1 N–H and O–H groups in total. The van der Waals surface area contributed by atoms with Crippen LogP contribution in [-0.4, -0.2) is 19.9 Å². The molecule has 0 unspecified atom stereocenters. The number of nitrogens with one attached hydrogen (secondary N) is 1. The molecule has 0 saturated carbocycles. The fourth-order valence-electron chi connectivity index (χ4n) is 2.33. The van der Waals surface area contributed by atoms with Gasteiger partial charge in [0.15, 0.2) is 11.5 Å². The fourth-order valence-corrected chi connectivity index (χ4v) is 2.33. The van der Waals surface area contributed by atoms with Crippen molar-refractivity contribution in [3.05, 3.63) is 23.5 Å². The van der Waals surface area contributed by atoms with Crippen molar-refractivity contribution in [3.8, 4) is 11.5 Å². The van der Waals surface area contributed by atoms with Gasteiger partial charge in [-0.2, -0.15) is 0 Å². The Bertz CT molecular complexity index is 618. The summed E-state index contributed by atoms with van der Waals surface area (Å²) in [7, 11) is 1.69. The SMILES string of the molecule is COCc1c(CNC(C)C)oc2cc3c(cc12)OCO3. The van der Waals surface area contributed by atoms with Gasteiger partial charge in [0.05, 0.1) is 13.2 Å². The second-order valence-corrected chi connectivity index (χ2v) is 5.17. The molecule has 0 aliphatic carbocycles. The second-order valence-electron chi connectivity index (χ2n) is 5.17. The van der Waals surface area contributed by atoms with Crippen LogP contribution in [0.15, 0.2) is 16.5 Å². The maximum Gasteiger partial charge on any atom is 0.231 e. The molecule has 0 bridgehead atoms. The fraction of sp³-hybridized carbons (Fsp3) is 0.467. The largest absolute Gasteiger partial charge is 0.459 e. The number of benzene rings is 1. The van der Waals surface area contributed by atoms with Gasteiger partial charge in [0.1, 0.15) is 11.3 Å². The van der Waals surface area contributed by atoms with E-state index >= 15 is 0 Å². The zero-order valence-corrected chi connectivity index (χ0v) is 12.0. The van der Waals surface area contributed by atoms with E-state index in [9.17, 15) is 0 Å². The molecule has 0 radical (unpaired) electrons. The number of hydrogen-bond donors (Lipinski definition) is 1. The van der Waals surface area contributed by atoms with Crippen molar-refractivity contribution in [3.63, 3.8) is 0 Å². The third-order valence-corrected chi connectivity index (χ3v) is 3.33. The maximum absolute atomic E-state index is 5.95. The molecule has 5 nitrogen and oxygen atoms in total. The highest BCUT2D eigenvalue weighted by Gasteiger charge is 2.20. The van der Waals surface area contributed by atoms with Crippen LogP contribution in [0.4, 0.5) is 0 Å². The molecule has 1 aliphatic rings. The first-order valence-corrected chi connectivity index (χ1v) is 6.75. The summed E-state index contributed by atoms with van der Waals surface area (Å²) in [6, 6.07) is 4.25. The summed E-state index contributed by atoms with van der Waals surface area (Å²) in [5, 5.41) is 4.39. The minimum Gasteiger partial charge on any atom is -0.459 e. The van der Waals surface area contributed by atoms with Crippen LogP contribution in [0.25, 0.3) is 11.0 Å². The van der Waals surface area contributed by atoms with E-state index in [2.05, 4.69) is 19.2 Å². The Kier molecular flexibility index (Phi) is 3.54. The normalized spacial score (nSPS) is 13.6. The molecule has 1 aliphatic heterocycles. The first-order valence-electron chi connectivity index (χ1n) is 6.75. The smallest absolute Gasteiger partial charge is 0.231 e. The Morgan fingerprint density at radius 1 is 1.25 bits per heavy atom. The average molecular weight is 277 g/mol. The van der Waals surface area contributed by atoms with E-state index < -0.39 is 0 Å². The van der Waals surface area contributed by atoms with E-state index in [0.29, 0.717) is 19.2 Å². The third-order valence-electron chi connectivity index (χ3n) is 3.33. The summed E-state index contributed by atoms with van der Waals surface area (Å²) in [6.45, 7) is 5.67. The van der Waals surface area contributed by atoms with Crippen molar-refractivity contribution >= 4 is 11.0 Å². The van der Waals surface area contributed by atoms with Crippen LogP contribution in [0.1, 0.15) is 25.2 Å². The van der Waals surface area contributed by atoms with Crippen LogP contribution in [0.3, 0.4) is 0 Å². The number of furan rings is 1. The Balaban J connectivity index is 2.03. The predicted octanol–water partition coefficient (Wildman–Crippen LogP) is 2.81. The van der Waals surface area contributed by atoms with Crippen molar-refractivity contribution in [1.82, 2.24) is 5.32 Å². The Morgan fingerprint density at radius 3 is 2.70 bits per heavy atom. The van der Waals surface area contributed by atoms with Gasteiger partial charge in [-0.1, -0.05) is 13.8 Å². The average Bonchev–Trinajstić information content (AvgIpc) is 2.99. The highest BCUT2D eigenvalue weighted by Crippen LogP contribution is 2.39. The van der Waals surface area contributed by atoms with Gasteiger partial charge >= 0.3 is 0 Å². The maximum atomic E-state index is 5.95. The predicted molar refractivity (Wildman–Crippen MR) is 75.0 cm³/mol. The highest BCUT2D eigenvalue weighted by molar-refractivity contribution is 5.86. The van der Waals surface area contributed by atoms with Crippen LogP contribution >= 0.6 is 0 Å². The number of hydrogen-bond acceptors (Lipinski definition) is 5. The first kappa shape index (κ1) is 13.3. The lowest BCUT2D eigenvalue weighted by molar-refractivity contribution is 0.174. The summed E-state index contributed by atoms with van der Waals surface area (Å²) in [6.07, 6.45) is 0. The summed E-state index contributed by atoms with van der Waals surface area (Å²) < 4.78 is 22.1. The second kappa shape index (κ2) is 5.34.